The molecule has 0 radical (unpaired) electrons. The number of nitrogens with one attached hydrogen (secondary N) is 1. The number of aromatic amines is 1. The van der Waals surface area contributed by atoms with E-state index in [-0.39, 0.29) is 16.9 Å². The third-order valence-corrected chi connectivity index (χ3v) is 7.27. The molecular weight excluding hydrogens is 368 g/mol. The maximum absolute atomic E-state index is 13.4. The first-order valence-corrected chi connectivity index (χ1v) is 11.0. The molecule has 1 unspecified atom stereocenters. The summed E-state index contributed by atoms with van der Waals surface area (Å²) in [6.45, 7) is 2.19. The second-order valence-electron chi connectivity index (χ2n) is 9.21. The lowest BCUT2D eigenvalue weighted by molar-refractivity contribution is 0.0614. The van der Waals surface area contributed by atoms with E-state index in [1.54, 1.807) is 0 Å². The number of hydrogen-bond donors (Lipinski definition) is 1. The first-order valence-electron chi connectivity index (χ1n) is 11.0. The fourth-order valence-electron chi connectivity index (χ4n) is 5.53. The highest BCUT2D eigenvalue weighted by atomic mass is 16.2. The lowest BCUT2D eigenvalue weighted by Gasteiger charge is -2.40. The fraction of sp³-hybridized carbons (Fsp3) is 0.667. The van der Waals surface area contributed by atoms with Gasteiger partial charge in [0.1, 0.15) is 11.6 Å². The summed E-state index contributed by atoms with van der Waals surface area (Å²) in [6.07, 6.45) is 8.86. The Balaban J connectivity index is 1.33. The molecule has 0 bridgehead atoms. The second-order valence-corrected chi connectivity index (χ2v) is 9.21. The van der Waals surface area contributed by atoms with E-state index in [9.17, 15) is 9.59 Å². The van der Waals surface area contributed by atoms with Crippen molar-refractivity contribution < 1.29 is 4.79 Å². The monoisotopic (exact) mass is 394 g/mol. The molecule has 2 aromatic heterocycles. The van der Waals surface area contributed by atoms with Gasteiger partial charge in [0.2, 0.25) is 5.82 Å². The highest BCUT2D eigenvalue weighted by Gasteiger charge is 2.46. The largest absolute Gasteiger partial charge is 0.335 e. The van der Waals surface area contributed by atoms with E-state index in [4.69, 9.17) is 4.98 Å². The molecule has 1 N–H and O–H groups in total. The predicted molar refractivity (Wildman–Crippen MR) is 105 cm³/mol. The van der Waals surface area contributed by atoms with Crippen LogP contribution in [-0.4, -0.2) is 48.6 Å². The third kappa shape index (κ3) is 2.68. The number of aromatic nitrogens is 5. The van der Waals surface area contributed by atoms with Crippen molar-refractivity contribution in [1.82, 2.24) is 29.6 Å². The SMILES string of the molecule is O=C(c1nnc2n1CCCC2)N1CCCC2(CCc3c2nc(C2CC2)[nH]c3=O)C1. The van der Waals surface area contributed by atoms with E-state index in [2.05, 4.69) is 15.2 Å². The van der Waals surface area contributed by atoms with Gasteiger partial charge in [-0.05, 0) is 51.4 Å². The predicted octanol–water partition coefficient (Wildman–Crippen LogP) is 1.70. The molecular formula is C21H26N6O2. The van der Waals surface area contributed by atoms with Gasteiger partial charge in [-0.2, -0.15) is 0 Å². The van der Waals surface area contributed by atoms with Crippen molar-refractivity contribution in [3.8, 4) is 0 Å². The number of nitrogens with zero attached hydrogens (tertiary/aromatic N) is 5. The lowest BCUT2D eigenvalue weighted by atomic mass is 9.77. The number of likely N-dealkylation sites (tertiary alicyclic amines) is 1. The minimum absolute atomic E-state index is 0.0227. The number of rotatable bonds is 2. The van der Waals surface area contributed by atoms with Gasteiger partial charge in [-0.25, -0.2) is 4.98 Å². The molecule has 8 nitrogen and oxygen atoms in total. The number of carbonyl (C=O) groups is 1. The van der Waals surface area contributed by atoms with Crippen molar-refractivity contribution >= 4 is 5.91 Å². The quantitative estimate of drug-likeness (QED) is 0.836. The molecule has 2 aromatic rings. The second kappa shape index (κ2) is 6.24. The van der Waals surface area contributed by atoms with Crippen LogP contribution in [0.1, 0.15) is 84.4 Å². The summed E-state index contributed by atoms with van der Waals surface area (Å²) in [5, 5.41) is 8.50. The van der Waals surface area contributed by atoms with Crippen LogP contribution < -0.4 is 5.56 Å². The zero-order valence-electron chi connectivity index (χ0n) is 16.6. The number of H-pyrrole nitrogens is 1. The van der Waals surface area contributed by atoms with Crippen molar-refractivity contribution in [1.29, 1.82) is 0 Å². The Hall–Kier alpha value is -2.51. The molecule has 2 fully saturated rings. The van der Waals surface area contributed by atoms with Gasteiger partial charge in [-0.3, -0.25) is 9.59 Å². The molecule has 4 aliphatic rings. The van der Waals surface area contributed by atoms with E-state index >= 15 is 0 Å². The summed E-state index contributed by atoms with van der Waals surface area (Å²) >= 11 is 0. The highest BCUT2D eigenvalue weighted by molar-refractivity contribution is 5.91. The summed E-state index contributed by atoms with van der Waals surface area (Å²) in [5.74, 6) is 2.65. The number of amides is 1. The van der Waals surface area contributed by atoms with Crippen LogP contribution in [0.5, 0.6) is 0 Å². The Bertz CT molecular complexity index is 1050. The Morgan fingerprint density at radius 2 is 1.97 bits per heavy atom. The van der Waals surface area contributed by atoms with E-state index in [1.807, 2.05) is 9.47 Å². The molecule has 1 atom stereocenters. The van der Waals surface area contributed by atoms with Crippen LogP contribution >= 0.6 is 0 Å². The van der Waals surface area contributed by atoms with Crippen LogP contribution in [0.4, 0.5) is 0 Å². The normalized spacial score (nSPS) is 25.9. The smallest absolute Gasteiger partial charge is 0.291 e. The Morgan fingerprint density at radius 1 is 1.07 bits per heavy atom. The molecule has 29 heavy (non-hydrogen) atoms. The number of hydrogen-bond acceptors (Lipinski definition) is 5. The maximum Gasteiger partial charge on any atom is 0.291 e. The van der Waals surface area contributed by atoms with Crippen LogP contribution in [0, 0.1) is 0 Å². The molecule has 152 valence electrons. The average Bonchev–Trinajstić information content (AvgIpc) is 3.42. The van der Waals surface area contributed by atoms with E-state index < -0.39 is 0 Å². The number of carbonyl (C=O) groups excluding carboxylic acids is 1. The minimum atomic E-state index is -0.189. The zero-order chi connectivity index (χ0) is 19.6. The molecule has 0 aromatic carbocycles. The Morgan fingerprint density at radius 3 is 2.83 bits per heavy atom. The van der Waals surface area contributed by atoms with Gasteiger partial charge in [0.15, 0.2) is 0 Å². The van der Waals surface area contributed by atoms with Crippen molar-refractivity contribution in [3.63, 3.8) is 0 Å². The average molecular weight is 394 g/mol. The molecule has 8 heteroatoms. The molecule has 4 heterocycles. The molecule has 1 saturated heterocycles. The Kier molecular flexibility index (Phi) is 3.74. The van der Waals surface area contributed by atoms with Gasteiger partial charge >= 0.3 is 0 Å². The minimum Gasteiger partial charge on any atom is -0.335 e. The van der Waals surface area contributed by atoms with Gasteiger partial charge in [0, 0.05) is 43.0 Å². The summed E-state index contributed by atoms with van der Waals surface area (Å²) in [7, 11) is 0. The van der Waals surface area contributed by atoms with Gasteiger partial charge in [0.05, 0.1) is 5.69 Å². The number of piperidine rings is 1. The number of aryl methyl sites for hydroxylation is 1. The molecule has 1 spiro atoms. The lowest BCUT2D eigenvalue weighted by Crippen LogP contribution is -2.48. The fourth-order valence-corrected chi connectivity index (χ4v) is 5.53. The van der Waals surface area contributed by atoms with Gasteiger partial charge in [-0.15, -0.1) is 10.2 Å². The molecule has 1 amide bonds. The summed E-state index contributed by atoms with van der Waals surface area (Å²) in [6, 6.07) is 0. The van der Waals surface area contributed by atoms with Crippen molar-refractivity contribution in [2.45, 2.75) is 75.7 Å². The molecule has 2 aliphatic heterocycles. The first kappa shape index (κ1) is 17.4. The van der Waals surface area contributed by atoms with E-state index in [0.29, 0.717) is 18.3 Å². The zero-order valence-corrected chi connectivity index (χ0v) is 16.6. The van der Waals surface area contributed by atoms with Crippen molar-refractivity contribution in [2.75, 3.05) is 13.1 Å². The van der Waals surface area contributed by atoms with Gasteiger partial charge in [-0.1, -0.05) is 0 Å². The van der Waals surface area contributed by atoms with E-state index in [0.717, 1.165) is 93.8 Å². The standard InChI is InChI=1S/C21H26N6O2/c28-19-14-7-9-21(16(14)22-17(23-19)13-5-6-13)8-3-10-26(12-21)20(29)18-25-24-15-4-1-2-11-27(15)18/h13H,1-12H2,(H,22,23,28). The van der Waals surface area contributed by atoms with Crippen LogP contribution in [0.15, 0.2) is 4.79 Å². The van der Waals surface area contributed by atoms with Crippen LogP contribution in [0.2, 0.25) is 0 Å². The maximum atomic E-state index is 13.4. The van der Waals surface area contributed by atoms with Crippen LogP contribution in [0.3, 0.4) is 0 Å². The number of fused-ring (bicyclic) bond motifs is 3. The Labute approximate surface area is 168 Å². The summed E-state index contributed by atoms with van der Waals surface area (Å²) < 4.78 is 2.00. The van der Waals surface area contributed by atoms with Gasteiger partial charge < -0.3 is 14.5 Å². The van der Waals surface area contributed by atoms with Crippen LogP contribution in [0.25, 0.3) is 0 Å². The molecule has 1 saturated carbocycles. The molecule has 2 aliphatic carbocycles. The summed E-state index contributed by atoms with van der Waals surface area (Å²) in [5.41, 5.74) is 1.64. The van der Waals surface area contributed by atoms with E-state index in [1.165, 1.54) is 0 Å². The highest BCUT2D eigenvalue weighted by Crippen LogP contribution is 2.45. The third-order valence-electron chi connectivity index (χ3n) is 7.27. The van der Waals surface area contributed by atoms with Crippen molar-refractivity contribution in [2.24, 2.45) is 0 Å². The molecule has 6 rings (SSSR count). The van der Waals surface area contributed by atoms with Crippen LogP contribution in [-0.2, 0) is 24.8 Å². The van der Waals surface area contributed by atoms with Crippen molar-refractivity contribution in [3.05, 3.63) is 39.1 Å². The first-order chi connectivity index (χ1) is 14.1. The summed E-state index contributed by atoms with van der Waals surface area (Å²) in [4.78, 5) is 35.9. The van der Waals surface area contributed by atoms with Gasteiger partial charge in [0.25, 0.3) is 11.5 Å². The topological polar surface area (TPSA) is 96.8 Å².